The van der Waals surface area contributed by atoms with Crippen LogP contribution in [0.15, 0.2) is 9.33 Å². The number of nitrogens with zero attached hydrogens (tertiary/aromatic N) is 6. The Morgan fingerprint density at radius 1 is 1.26 bits per heavy atom. The van der Waals surface area contributed by atoms with E-state index in [1.807, 2.05) is 6.92 Å². The number of urea groups is 1. The third-order valence-electron chi connectivity index (χ3n) is 5.00. The van der Waals surface area contributed by atoms with Crippen molar-refractivity contribution in [2.24, 2.45) is 4.99 Å². The first kappa shape index (κ1) is 18.5. The first-order chi connectivity index (χ1) is 13.0. The standard InChI is InChI=1S/C16H23N7O2S2/c1-10-19-20-16(27-10)26-9-5-8-23-11-12(21(2)15(25)18-13(11)24)17-14(23)22-6-3-4-7-22/h11-12H,3-9H2,1-2H3,(H,18,24,25). The number of imide groups is 1. The summed E-state index contributed by atoms with van der Waals surface area (Å²) in [5.74, 6) is 1.50. The lowest BCUT2D eigenvalue weighted by Crippen LogP contribution is -2.64. The van der Waals surface area contributed by atoms with Gasteiger partial charge in [0.2, 0.25) is 0 Å². The van der Waals surface area contributed by atoms with Crippen LogP contribution in [0.4, 0.5) is 4.79 Å². The molecule has 0 bridgehead atoms. The summed E-state index contributed by atoms with van der Waals surface area (Å²) >= 11 is 3.29. The number of carbonyl (C=O) groups excluding carboxylic acids is 2. The Morgan fingerprint density at radius 2 is 2.04 bits per heavy atom. The molecule has 3 aliphatic rings. The molecule has 2 saturated heterocycles. The van der Waals surface area contributed by atoms with Crippen molar-refractivity contribution >= 4 is 41.0 Å². The molecule has 0 spiro atoms. The predicted octanol–water partition coefficient (Wildman–Crippen LogP) is 0.972. The summed E-state index contributed by atoms with van der Waals surface area (Å²) in [7, 11) is 1.70. The lowest BCUT2D eigenvalue weighted by molar-refractivity contribution is -0.127. The molecule has 3 amide bonds. The summed E-state index contributed by atoms with van der Waals surface area (Å²) in [6, 6.07) is -0.827. The van der Waals surface area contributed by atoms with E-state index in [4.69, 9.17) is 4.99 Å². The van der Waals surface area contributed by atoms with Gasteiger partial charge in [0.05, 0.1) is 0 Å². The van der Waals surface area contributed by atoms with Crippen molar-refractivity contribution < 1.29 is 9.59 Å². The van der Waals surface area contributed by atoms with E-state index in [0.29, 0.717) is 0 Å². The van der Waals surface area contributed by atoms with E-state index in [0.717, 1.165) is 60.0 Å². The van der Waals surface area contributed by atoms with Crippen molar-refractivity contribution in [1.29, 1.82) is 0 Å². The van der Waals surface area contributed by atoms with Crippen molar-refractivity contribution in [3.05, 3.63) is 5.01 Å². The van der Waals surface area contributed by atoms with Gasteiger partial charge in [-0.3, -0.25) is 10.1 Å². The van der Waals surface area contributed by atoms with Crippen molar-refractivity contribution in [3.63, 3.8) is 0 Å². The largest absolute Gasteiger partial charge is 0.343 e. The molecule has 4 heterocycles. The van der Waals surface area contributed by atoms with Gasteiger partial charge in [-0.05, 0) is 26.2 Å². The highest BCUT2D eigenvalue weighted by molar-refractivity contribution is 8.01. The van der Waals surface area contributed by atoms with Crippen LogP contribution in [0.1, 0.15) is 24.3 Å². The summed E-state index contributed by atoms with van der Waals surface area (Å²) in [6.45, 7) is 4.57. The third-order valence-corrected chi connectivity index (χ3v) is 7.06. The molecule has 0 aliphatic carbocycles. The van der Waals surface area contributed by atoms with Crippen molar-refractivity contribution in [2.75, 3.05) is 32.4 Å². The highest BCUT2D eigenvalue weighted by Crippen LogP contribution is 2.28. The maximum Gasteiger partial charge on any atom is 0.325 e. The number of nitrogens with one attached hydrogen (secondary N) is 1. The molecule has 0 radical (unpaired) electrons. The zero-order valence-electron chi connectivity index (χ0n) is 15.4. The topological polar surface area (TPSA) is 94.0 Å². The van der Waals surface area contributed by atoms with Gasteiger partial charge < -0.3 is 14.7 Å². The van der Waals surface area contributed by atoms with Gasteiger partial charge in [-0.15, -0.1) is 10.2 Å². The number of aliphatic imine (C=N–C) groups is 1. The molecule has 1 aromatic rings. The van der Waals surface area contributed by atoms with Gasteiger partial charge in [0, 0.05) is 32.4 Å². The molecule has 3 aliphatic heterocycles. The Bertz CT molecular complexity index is 762. The lowest BCUT2D eigenvalue weighted by atomic mass is 10.1. The first-order valence-corrected chi connectivity index (χ1v) is 10.9. The number of aryl methyl sites for hydroxylation is 1. The molecule has 146 valence electrons. The maximum absolute atomic E-state index is 12.5. The van der Waals surface area contributed by atoms with Crippen LogP contribution in [-0.4, -0.2) is 87.4 Å². The van der Waals surface area contributed by atoms with E-state index >= 15 is 0 Å². The summed E-state index contributed by atoms with van der Waals surface area (Å²) in [5.41, 5.74) is 0. The fourth-order valence-electron chi connectivity index (χ4n) is 3.66. The number of guanidine groups is 1. The van der Waals surface area contributed by atoms with Gasteiger partial charge in [-0.1, -0.05) is 23.1 Å². The molecular weight excluding hydrogens is 386 g/mol. The van der Waals surface area contributed by atoms with Crippen LogP contribution in [0, 0.1) is 6.92 Å². The summed E-state index contributed by atoms with van der Waals surface area (Å²) in [4.78, 5) is 35.2. The molecule has 9 nitrogen and oxygen atoms in total. The fourth-order valence-corrected chi connectivity index (χ4v) is 5.47. The van der Waals surface area contributed by atoms with Crippen LogP contribution >= 0.6 is 23.1 Å². The van der Waals surface area contributed by atoms with Gasteiger partial charge in [-0.2, -0.15) is 0 Å². The molecule has 0 saturated carbocycles. The average molecular weight is 410 g/mol. The highest BCUT2D eigenvalue weighted by Gasteiger charge is 2.49. The first-order valence-electron chi connectivity index (χ1n) is 9.14. The number of aromatic nitrogens is 2. The molecular formula is C16H23N7O2S2. The fraction of sp³-hybridized carbons (Fsp3) is 0.688. The Morgan fingerprint density at radius 3 is 2.74 bits per heavy atom. The second kappa shape index (κ2) is 7.63. The third kappa shape index (κ3) is 3.62. The van der Waals surface area contributed by atoms with Crippen molar-refractivity contribution in [3.8, 4) is 0 Å². The predicted molar refractivity (Wildman–Crippen MR) is 104 cm³/mol. The molecule has 2 unspecified atom stereocenters. The number of hydrogen-bond acceptors (Lipinski definition) is 9. The Balaban J connectivity index is 1.45. The molecule has 11 heteroatoms. The Labute approximate surface area is 166 Å². The number of carbonyl (C=O) groups is 2. The maximum atomic E-state index is 12.5. The van der Waals surface area contributed by atoms with Crippen LogP contribution in [0.5, 0.6) is 0 Å². The van der Waals surface area contributed by atoms with Crippen LogP contribution in [0.25, 0.3) is 0 Å². The van der Waals surface area contributed by atoms with Crippen LogP contribution < -0.4 is 5.32 Å². The quantitative estimate of drug-likeness (QED) is 0.572. The molecule has 27 heavy (non-hydrogen) atoms. The average Bonchev–Trinajstić information content (AvgIpc) is 3.36. The molecule has 0 aromatic carbocycles. The normalized spacial score (nSPS) is 25.1. The van der Waals surface area contributed by atoms with Gasteiger partial charge >= 0.3 is 6.03 Å². The van der Waals surface area contributed by atoms with Crippen LogP contribution in [0.2, 0.25) is 0 Å². The number of rotatable bonds is 5. The summed E-state index contributed by atoms with van der Waals surface area (Å²) in [5, 5.41) is 11.6. The van der Waals surface area contributed by atoms with Crippen LogP contribution in [-0.2, 0) is 4.79 Å². The Kier molecular flexibility index (Phi) is 5.22. The minimum absolute atomic E-state index is 0.256. The minimum atomic E-state index is -0.447. The van der Waals surface area contributed by atoms with Crippen LogP contribution in [0.3, 0.4) is 0 Å². The second-order valence-corrected chi connectivity index (χ2v) is 9.39. The number of amides is 3. The smallest absolute Gasteiger partial charge is 0.325 e. The van der Waals surface area contributed by atoms with E-state index < -0.39 is 12.2 Å². The monoisotopic (exact) mass is 409 g/mol. The molecule has 1 aromatic heterocycles. The molecule has 2 fully saturated rings. The van der Waals surface area contributed by atoms with E-state index in [-0.39, 0.29) is 11.9 Å². The minimum Gasteiger partial charge on any atom is -0.343 e. The van der Waals surface area contributed by atoms with E-state index in [1.54, 1.807) is 30.1 Å². The lowest BCUT2D eigenvalue weighted by Gasteiger charge is -2.37. The molecule has 1 N–H and O–H groups in total. The summed E-state index contributed by atoms with van der Waals surface area (Å²) < 4.78 is 0.973. The van der Waals surface area contributed by atoms with Gasteiger partial charge in [0.25, 0.3) is 5.91 Å². The van der Waals surface area contributed by atoms with Gasteiger partial charge in [0.15, 0.2) is 22.5 Å². The summed E-state index contributed by atoms with van der Waals surface area (Å²) in [6.07, 6.45) is 2.72. The zero-order chi connectivity index (χ0) is 19.0. The van der Waals surface area contributed by atoms with Crippen molar-refractivity contribution in [1.82, 2.24) is 30.2 Å². The van der Waals surface area contributed by atoms with E-state index in [1.165, 1.54) is 4.90 Å². The number of likely N-dealkylation sites (N-methyl/N-ethyl adjacent to an activating group) is 1. The number of hydrogen-bond donors (Lipinski definition) is 1. The SMILES string of the molecule is Cc1nnc(SCCCN2C(N3CCCC3)=NC3C2C(=O)NC(=O)N3C)s1. The molecule has 4 rings (SSSR count). The Hall–Kier alpha value is -1.88. The van der Waals surface area contributed by atoms with Gasteiger partial charge in [-0.25, -0.2) is 9.79 Å². The molecule has 2 atom stereocenters. The number of thioether (sulfide) groups is 1. The van der Waals surface area contributed by atoms with Gasteiger partial charge in [0.1, 0.15) is 5.01 Å². The van der Waals surface area contributed by atoms with E-state index in [2.05, 4.69) is 25.3 Å². The van der Waals surface area contributed by atoms with Crippen molar-refractivity contribution in [2.45, 2.75) is 42.7 Å². The number of fused-ring (bicyclic) bond motifs is 1. The number of likely N-dealkylation sites (tertiary alicyclic amines) is 1. The van der Waals surface area contributed by atoms with E-state index in [9.17, 15) is 9.59 Å². The highest BCUT2D eigenvalue weighted by atomic mass is 32.2. The zero-order valence-corrected chi connectivity index (χ0v) is 17.1. The second-order valence-electron chi connectivity index (χ2n) is 6.87.